The SMILES string of the molecule is COc1ccc2c3c1O[C@H]1C(O)(O)CC(O)C4(O)[C@@H](C2)N(C)CC[C@]314. The van der Waals surface area contributed by atoms with E-state index in [2.05, 4.69) is 4.90 Å². The van der Waals surface area contributed by atoms with Crippen LogP contribution in [0.25, 0.3) is 0 Å². The first-order valence-electron chi connectivity index (χ1n) is 8.70. The van der Waals surface area contributed by atoms with E-state index in [1.54, 1.807) is 0 Å². The van der Waals surface area contributed by atoms with E-state index >= 15 is 0 Å². The van der Waals surface area contributed by atoms with Crippen LogP contribution in [0.5, 0.6) is 11.5 Å². The van der Waals surface area contributed by atoms with Gasteiger partial charge in [-0.25, -0.2) is 0 Å². The molecule has 0 radical (unpaired) electrons. The Kier molecular flexibility index (Phi) is 2.83. The van der Waals surface area contributed by atoms with Gasteiger partial charge in [0.2, 0.25) is 5.79 Å². The molecule has 5 rings (SSSR count). The molecule has 7 heteroatoms. The van der Waals surface area contributed by atoms with Crippen molar-refractivity contribution in [3.63, 3.8) is 0 Å². The first-order chi connectivity index (χ1) is 11.8. The monoisotopic (exact) mass is 349 g/mol. The van der Waals surface area contributed by atoms with Crippen LogP contribution in [-0.2, 0) is 11.8 Å². The average Bonchev–Trinajstić information content (AvgIpc) is 2.91. The van der Waals surface area contributed by atoms with Crippen molar-refractivity contribution in [2.75, 3.05) is 20.7 Å². The van der Waals surface area contributed by atoms with Gasteiger partial charge in [0.1, 0.15) is 5.60 Å². The van der Waals surface area contributed by atoms with Crippen LogP contribution >= 0.6 is 0 Å². The summed E-state index contributed by atoms with van der Waals surface area (Å²) in [5, 5.41) is 44.0. The molecule has 25 heavy (non-hydrogen) atoms. The van der Waals surface area contributed by atoms with Crippen LogP contribution < -0.4 is 9.47 Å². The van der Waals surface area contributed by atoms with Crippen molar-refractivity contribution < 1.29 is 29.9 Å². The Morgan fingerprint density at radius 2 is 2.04 bits per heavy atom. The number of aliphatic hydroxyl groups is 4. The van der Waals surface area contributed by atoms with Gasteiger partial charge < -0.3 is 34.8 Å². The lowest BCUT2D eigenvalue weighted by Gasteiger charge is -2.65. The van der Waals surface area contributed by atoms with Gasteiger partial charge in [-0.1, -0.05) is 6.07 Å². The predicted molar refractivity (Wildman–Crippen MR) is 86.6 cm³/mol. The Hall–Kier alpha value is -1.38. The van der Waals surface area contributed by atoms with Gasteiger partial charge >= 0.3 is 0 Å². The highest BCUT2D eigenvalue weighted by Gasteiger charge is 2.78. The number of nitrogens with zero attached hydrogens (tertiary/aromatic N) is 1. The Labute approximate surface area is 145 Å². The maximum atomic E-state index is 11.8. The standard InChI is InChI=1S/C18H23NO6/c1-19-6-5-16-13-9-3-4-10(24-2)14(13)25-15(16)17(21,22)8-12(20)18(16,23)11(19)7-9/h3-4,11-12,15,20-23H,5-8H2,1-2H3/t11-,12?,15-,16+,18?/m1/s1. The molecular formula is C18H23NO6. The second-order valence-corrected chi connectivity index (χ2v) is 7.97. The van der Waals surface area contributed by atoms with Crippen LogP contribution in [0.3, 0.4) is 0 Å². The van der Waals surface area contributed by atoms with Gasteiger partial charge in [0.15, 0.2) is 17.6 Å². The van der Waals surface area contributed by atoms with Gasteiger partial charge in [-0.2, -0.15) is 0 Å². The molecule has 2 fully saturated rings. The summed E-state index contributed by atoms with van der Waals surface area (Å²) in [7, 11) is 3.47. The Balaban J connectivity index is 1.87. The molecule has 7 nitrogen and oxygen atoms in total. The van der Waals surface area contributed by atoms with Gasteiger partial charge in [-0.05, 0) is 38.1 Å². The van der Waals surface area contributed by atoms with Crippen LogP contribution in [0.4, 0.5) is 0 Å². The van der Waals surface area contributed by atoms with Crippen molar-refractivity contribution in [2.24, 2.45) is 0 Å². The molecular weight excluding hydrogens is 326 g/mol. The quantitative estimate of drug-likeness (QED) is 0.489. The smallest absolute Gasteiger partial charge is 0.204 e. The zero-order valence-electron chi connectivity index (χ0n) is 14.3. The van der Waals surface area contributed by atoms with Crippen molar-refractivity contribution in [1.82, 2.24) is 4.90 Å². The Bertz CT molecular complexity index is 766. The van der Waals surface area contributed by atoms with Crippen molar-refractivity contribution in [3.05, 3.63) is 23.3 Å². The minimum atomic E-state index is -2.23. The molecule has 4 aliphatic rings. The molecule has 2 aliphatic heterocycles. The largest absolute Gasteiger partial charge is 0.493 e. The molecule has 0 amide bonds. The number of rotatable bonds is 1. The summed E-state index contributed by atoms with van der Waals surface area (Å²) in [4.78, 5) is 2.05. The lowest BCUT2D eigenvalue weighted by Crippen LogP contribution is -2.83. The van der Waals surface area contributed by atoms with Crippen molar-refractivity contribution >= 4 is 0 Å². The molecule has 1 aromatic carbocycles. The van der Waals surface area contributed by atoms with E-state index in [4.69, 9.17) is 9.47 Å². The Morgan fingerprint density at radius 3 is 2.76 bits per heavy atom. The number of methoxy groups -OCH3 is 1. The highest BCUT2D eigenvalue weighted by atomic mass is 16.6. The molecule has 1 saturated heterocycles. The highest BCUT2D eigenvalue weighted by Crippen LogP contribution is 2.66. The first kappa shape index (κ1) is 15.8. The maximum Gasteiger partial charge on any atom is 0.204 e. The fourth-order valence-corrected chi connectivity index (χ4v) is 5.97. The molecule has 5 atom stereocenters. The third-order valence-corrected chi connectivity index (χ3v) is 7.01. The summed E-state index contributed by atoms with van der Waals surface area (Å²) < 4.78 is 11.5. The van der Waals surface area contributed by atoms with Crippen LogP contribution in [0, 0.1) is 0 Å². The minimum absolute atomic E-state index is 0.315. The maximum absolute atomic E-state index is 11.8. The summed E-state index contributed by atoms with van der Waals surface area (Å²) in [6.45, 7) is 0.672. The van der Waals surface area contributed by atoms with Gasteiger partial charge in [0, 0.05) is 18.0 Å². The molecule has 136 valence electrons. The van der Waals surface area contributed by atoms with Crippen molar-refractivity contribution in [2.45, 2.75) is 54.3 Å². The van der Waals surface area contributed by atoms with Gasteiger partial charge in [0.25, 0.3) is 0 Å². The molecule has 1 saturated carbocycles. The predicted octanol–water partition coefficient (Wildman–Crippen LogP) is -0.869. The number of piperidine rings is 1. The van der Waals surface area contributed by atoms with Crippen LogP contribution in [-0.4, -0.2) is 75.7 Å². The van der Waals surface area contributed by atoms with E-state index in [9.17, 15) is 20.4 Å². The minimum Gasteiger partial charge on any atom is -0.493 e. The number of hydrogen-bond donors (Lipinski definition) is 4. The molecule has 1 spiro atoms. The van der Waals surface area contributed by atoms with Gasteiger partial charge in [0.05, 0.1) is 18.6 Å². The zero-order chi connectivity index (χ0) is 17.8. The third kappa shape index (κ3) is 1.52. The summed E-state index contributed by atoms with van der Waals surface area (Å²) in [5.41, 5.74) is -0.799. The first-order valence-corrected chi connectivity index (χ1v) is 8.70. The van der Waals surface area contributed by atoms with E-state index in [1.165, 1.54) is 7.11 Å². The Morgan fingerprint density at radius 1 is 1.28 bits per heavy atom. The third-order valence-electron chi connectivity index (χ3n) is 7.01. The van der Waals surface area contributed by atoms with Crippen LogP contribution in [0.1, 0.15) is 24.0 Å². The molecule has 0 aromatic heterocycles. The highest BCUT2D eigenvalue weighted by molar-refractivity contribution is 5.63. The number of hydrogen-bond acceptors (Lipinski definition) is 7. The number of benzene rings is 1. The molecule has 4 N–H and O–H groups in total. The molecule has 2 unspecified atom stereocenters. The van der Waals surface area contributed by atoms with Crippen molar-refractivity contribution in [1.29, 1.82) is 0 Å². The average molecular weight is 349 g/mol. The number of likely N-dealkylation sites (tertiary alicyclic amines) is 1. The van der Waals surface area contributed by atoms with E-state index in [-0.39, 0.29) is 12.5 Å². The summed E-state index contributed by atoms with van der Waals surface area (Å²) in [6.07, 6.45) is -1.63. The van der Waals surface area contributed by atoms with Crippen molar-refractivity contribution in [3.8, 4) is 11.5 Å². The lowest BCUT2D eigenvalue weighted by atomic mass is 9.47. The molecule has 2 bridgehead atoms. The van der Waals surface area contributed by atoms with E-state index < -0.39 is 29.0 Å². The fraction of sp³-hybridized carbons (Fsp3) is 0.667. The summed E-state index contributed by atoms with van der Waals surface area (Å²) in [5.74, 6) is -1.26. The van der Waals surface area contributed by atoms with Gasteiger partial charge in [-0.3, -0.25) is 0 Å². The topological polar surface area (TPSA) is 103 Å². The van der Waals surface area contributed by atoms with E-state index in [1.807, 2.05) is 19.2 Å². The lowest BCUT2D eigenvalue weighted by molar-refractivity contribution is -0.328. The molecule has 1 aromatic rings. The number of ether oxygens (including phenoxy) is 2. The second-order valence-electron chi connectivity index (χ2n) is 7.97. The number of aliphatic hydroxyl groups excluding tert-OH is 1. The number of likely N-dealkylation sites (N-methyl/N-ethyl adjacent to an activating group) is 1. The molecule has 2 aliphatic carbocycles. The van der Waals surface area contributed by atoms with E-state index in [0.29, 0.717) is 30.9 Å². The molecule has 2 heterocycles. The zero-order valence-corrected chi connectivity index (χ0v) is 14.3. The van der Waals surface area contributed by atoms with E-state index in [0.717, 1.165) is 11.1 Å². The second kappa shape index (κ2) is 4.47. The van der Waals surface area contributed by atoms with Gasteiger partial charge in [-0.15, -0.1) is 0 Å². The van der Waals surface area contributed by atoms with Crippen LogP contribution in [0.15, 0.2) is 12.1 Å². The summed E-state index contributed by atoms with van der Waals surface area (Å²) >= 11 is 0. The fourth-order valence-electron chi connectivity index (χ4n) is 5.97. The summed E-state index contributed by atoms with van der Waals surface area (Å²) in [6, 6.07) is 3.45. The normalized spacial score (nSPS) is 43.4. The van der Waals surface area contributed by atoms with Crippen LogP contribution in [0.2, 0.25) is 0 Å².